The number of halogens is 3. The Hall–Kier alpha value is -2.84. The molecule has 1 aliphatic carbocycles. The molecular weight excluding hydrogens is 453 g/mol. The number of benzene rings is 1. The van der Waals surface area contributed by atoms with Crippen LogP contribution in [0.1, 0.15) is 78.7 Å². The van der Waals surface area contributed by atoms with Crippen molar-refractivity contribution < 1.29 is 13.2 Å². The number of fused-ring (bicyclic) bond motifs is 1. The third-order valence-corrected chi connectivity index (χ3v) is 7.18. The van der Waals surface area contributed by atoms with Crippen LogP contribution < -0.4 is 10.6 Å². The van der Waals surface area contributed by atoms with E-state index in [9.17, 15) is 13.2 Å². The average Bonchev–Trinajstić information content (AvgIpc) is 3.17. The highest BCUT2D eigenvalue weighted by molar-refractivity contribution is 5.76. The zero-order chi connectivity index (χ0) is 25.1. The zero-order valence-electron chi connectivity index (χ0n) is 20.9. The Morgan fingerprint density at radius 1 is 1.03 bits per heavy atom. The van der Waals surface area contributed by atoms with Crippen LogP contribution in [0.15, 0.2) is 18.3 Å². The quantitative estimate of drug-likeness (QED) is 0.329. The molecule has 1 saturated carbocycles. The summed E-state index contributed by atoms with van der Waals surface area (Å²) in [6.45, 7) is 8.71. The van der Waals surface area contributed by atoms with Crippen molar-refractivity contribution in [2.75, 3.05) is 10.6 Å². The van der Waals surface area contributed by atoms with E-state index in [1.807, 2.05) is 4.57 Å². The second-order valence-corrected chi connectivity index (χ2v) is 9.93. The number of hydrogen-bond donors (Lipinski definition) is 2. The first-order valence-corrected chi connectivity index (χ1v) is 12.7. The van der Waals surface area contributed by atoms with Gasteiger partial charge in [0.25, 0.3) is 0 Å². The molecule has 0 radical (unpaired) electrons. The van der Waals surface area contributed by atoms with Crippen molar-refractivity contribution in [2.45, 2.75) is 84.7 Å². The van der Waals surface area contributed by atoms with Crippen LogP contribution in [0.3, 0.4) is 0 Å². The monoisotopic (exact) mass is 488 g/mol. The fraction of sp³-hybridized carbons (Fsp3) is 0.577. The van der Waals surface area contributed by atoms with Crippen LogP contribution in [0.5, 0.6) is 0 Å². The lowest BCUT2D eigenvalue weighted by Crippen LogP contribution is -2.28. The number of hydrogen-bond acceptors (Lipinski definition) is 5. The minimum Gasteiger partial charge on any atom is -0.351 e. The van der Waals surface area contributed by atoms with Gasteiger partial charge in [0.05, 0.1) is 6.20 Å². The summed E-state index contributed by atoms with van der Waals surface area (Å²) in [5, 5.41) is 6.25. The van der Waals surface area contributed by atoms with Gasteiger partial charge in [-0.25, -0.2) is 23.1 Å². The van der Waals surface area contributed by atoms with E-state index in [1.165, 1.54) is 12.8 Å². The summed E-state index contributed by atoms with van der Waals surface area (Å²) < 4.78 is 44.1. The number of nitrogens with one attached hydrogen (secondary N) is 2. The maximum Gasteiger partial charge on any atom is 0.224 e. The van der Waals surface area contributed by atoms with Gasteiger partial charge in [-0.1, -0.05) is 34.1 Å². The number of nitrogens with zero attached hydrogens (tertiary/aromatic N) is 4. The molecular formula is C26H35F3N6. The predicted molar refractivity (Wildman–Crippen MR) is 133 cm³/mol. The van der Waals surface area contributed by atoms with Crippen molar-refractivity contribution in [2.24, 2.45) is 11.8 Å². The maximum atomic E-state index is 14.4. The third kappa shape index (κ3) is 5.54. The standard InChI is InChI=1S/C26H35F3N6/c1-5-7-19(6-2)35-24-22(32-26(35)33-23-20(28)12-17(27)13-21(23)29)14-30-25(34-24)31-18-10-8-16(9-11-18)15(3)4/h12-16,18-19H,5-11H2,1-4H3,(H,32,33)(H,30,31,34)/t16-,18-,19?. The second kappa shape index (κ2) is 10.8. The van der Waals surface area contributed by atoms with E-state index in [4.69, 9.17) is 4.98 Å². The van der Waals surface area contributed by atoms with Crippen LogP contribution in [0.25, 0.3) is 11.2 Å². The number of anilines is 3. The van der Waals surface area contributed by atoms with Gasteiger partial charge in [-0.2, -0.15) is 4.98 Å². The van der Waals surface area contributed by atoms with Crippen LogP contribution in [0.4, 0.5) is 30.8 Å². The first-order chi connectivity index (χ1) is 16.8. The van der Waals surface area contributed by atoms with Gasteiger partial charge in [0.2, 0.25) is 11.9 Å². The molecule has 9 heteroatoms. The Labute approximate surface area is 204 Å². The fourth-order valence-corrected chi connectivity index (χ4v) is 5.13. The van der Waals surface area contributed by atoms with Gasteiger partial charge in [0.15, 0.2) is 17.3 Å². The van der Waals surface area contributed by atoms with E-state index >= 15 is 0 Å². The summed E-state index contributed by atoms with van der Waals surface area (Å²) in [6, 6.07) is 1.63. The molecule has 1 aliphatic rings. The summed E-state index contributed by atoms with van der Waals surface area (Å²) in [4.78, 5) is 13.8. The zero-order valence-corrected chi connectivity index (χ0v) is 20.9. The molecule has 1 aromatic carbocycles. The molecule has 2 N–H and O–H groups in total. The highest BCUT2D eigenvalue weighted by Gasteiger charge is 2.25. The van der Waals surface area contributed by atoms with E-state index in [-0.39, 0.29) is 12.0 Å². The number of rotatable bonds is 9. The van der Waals surface area contributed by atoms with Crippen molar-refractivity contribution >= 4 is 28.7 Å². The smallest absolute Gasteiger partial charge is 0.224 e. The topological polar surface area (TPSA) is 67.7 Å². The van der Waals surface area contributed by atoms with Gasteiger partial charge in [-0.05, 0) is 50.4 Å². The SMILES string of the molecule is CCCC(CC)n1c(Nc2c(F)cc(F)cc2F)nc2cnc(N[C@H]3CC[C@H](C(C)C)CC3)nc21. The van der Waals surface area contributed by atoms with Gasteiger partial charge < -0.3 is 10.6 Å². The molecule has 4 rings (SSSR count). The second-order valence-electron chi connectivity index (χ2n) is 9.93. The van der Waals surface area contributed by atoms with Crippen LogP contribution >= 0.6 is 0 Å². The minimum atomic E-state index is -1.02. The summed E-state index contributed by atoms with van der Waals surface area (Å²) in [5.41, 5.74) is 0.686. The highest BCUT2D eigenvalue weighted by Crippen LogP contribution is 2.33. The predicted octanol–water partition coefficient (Wildman–Crippen LogP) is 7.37. The summed E-state index contributed by atoms with van der Waals surface area (Å²) in [6.07, 6.45) is 8.72. The molecule has 1 atom stereocenters. The van der Waals surface area contributed by atoms with Crippen molar-refractivity contribution in [3.05, 3.63) is 35.8 Å². The summed E-state index contributed by atoms with van der Waals surface area (Å²) in [7, 11) is 0. The Morgan fingerprint density at radius 3 is 2.31 bits per heavy atom. The van der Waals surface area contributed by atoms with Gasteiger partial charge in [0, 0.05) is 24.2 Å². The molecule has 35 heavy (non-hydrogen) atoms. The largest absolute Gasteiger partial charge is 0.351 e. The molecule has 1 unspecified atom stereocenters. The molecule has 0 aliphatic heterocycles. The molecule has 1 fully saturated rings. The van der Waals surface area contributed by atoms with Crippen LogP contribution in [0, 0.1) is 29.3 Å². The van der Waals surface area contributed by atoms with E-state index in [1.54, 1.807) is 6.20 Å². The molecule has 2 heterocycles. The van der Waals surface area contributed by atoms with E-state index in [2.05, 4.69) is 48.3 Å². The summed E-state index contributed by atoms with van der Waals surface area (Å²) in [5.74, 6) is -0.759. The minimum absolute atomic E-state index is 0.0169. The van der Waals surface area contributed by atoms with Gasteiger partial charge >= 0.3 is 0 Å². The maximum absolute atomic E-state index is 14.4. The van der Waals surface area contributed by atoms with Crippen LogP contribution in [-0.2, 0) is 0 Å². The van der Waals surface area contributed by atoms with E-state index in [0.29, 0.717) is 41.2 Å². The normalized spacial score (nSPS) is 19.3. The van der Waals surface area contributed by atoms with E-state index in [0.717, 1.165) is 38.0 Å². The molecule has 6 nitrogen and oxygen atoms in total. The Kier molecular flexibility index (Phi) is 7.82. The van der Waals surface area contributed by atoms with Gasteiger partial charge in [-0.3, -0.25) is 4.57 Å². The van der Waals surface area contributed by atoms with Crippen LogP contribution in [0.2, 0.25) is 0 Å². The molecule has 0 bridgehead atoms. The Balaban J connectivity index is 1.67. The van der Waals surface area contributed by atoms with Crippen molar-refractivity contribution in [3.8, 4) is 0 Å². The molecule has 0 amide bonds. The first-order valence-electron chi connectivity index (χ1n) is 12.7. The van der Waals surface area contributed by atoms with Gasteiger partial charge in [0.1, 0.15) is 17.0 Å². The van der Waals surface area contributed by atoms with Crippen molar-refractivity contribution in [1.82, 2.24) is 19.5 Å². The lowest BCUT2D eigenvalue weighted by atomic mass is 9.80. The Bertz CT molecular complexity index is 1130. The first kappa shape index (κ1) is 25.3. The van der Waals surface area contributed by atoms with Crippen molar-refractivity contribution in [1.29, 1.82) is 0 Å². The molecule has 190 valence electrons. The highest BCUT2D eigenvalue weighted by atomic mass is 19.1. The molecule has 0 spiro atoms. The lowest BCUT2D eigenvalue weighted by Gasteiger charge is -2.31. The third-order valence-electron chi connectivity index (χ3n) is 7.18. The lowest BCUT2D eigenvalue weighted by molar-refractivity contribution is 0.266. The molecule has 3 aromatic rings. The van der Waals surface area contributed by atoms with Crippen molar-refractivity contribution in [3.63, 3.8) is 0 Å². The van der Waals surface area contributed by atoms with E-state index < -0.39 is 23.1 Å². The average molecular weight is 489 g/mol. The van der Waals surface area contributed by atoms with Crippen LogP contribution in [-0.4, -0.2) is 25.6 Å². The number of aromatic nitrogens is 4. The van der Waals surface area contributed by atoms with Gasteiger partial charge in [-0.15, -0.1) is 0 Å². The Morgan fingerprint density at radius 2 is 1.71 bits per heavy atom. The number of imidazole rings is 1. The molecule has 0 saturated heterocycles. The summed E-state index contributed by atoms with van der Waals surface area (Å²) >= 11 is 0. The molecule has 2 aromatic heterocycles. The fourth-order valence-electron chi connectivity index (χ4n) is 5.13.